The number of aromatic nitrogens is 4. The van der Waals surface area contributed by atoms with Gasteiger partial charge in [0.1, 0.15) is 5.82 Å². The van der Waals surface area contributed by atoms with Crippen LogP contribution in [0.4, 0.5) is 23.2 Å². The minimum atomic E-state index is -4.60. The Balaban J connectivity index is 1.62. The highest BCUT2D eigenvalue weighted by atomic mass is 19.4. The molecule has 0 N–H and O–H groups in total. The number of hydrogen-bond acceptors (Lipinski definition) is 5. The molecule has 0 radical (unpaired) electrons. The fourth-order valence-corrected chi connectivity index (χ4v) is 2.98. The van der Waals surface area contributed by atoms with Crippen molar-refractivity contribution in [1.82, 2.24) is 19.9 Å². The van der Waals surface area contributed by atoms with Crippen LogP contribution >= 0.6 is 0 Å². The molecule has 0 bridgehead atoms. The summed E-state index contributed by atoms with van der Waals surface area (Å²) in [5.74, 6) is -0.117. The van der Waals surface area contributed by atoms with Crippen LogP contribution in [0.2, 0.25) is 0 Å². The number of fused-ring (bicyclic) bond motifs is 1. The summed E-state index contributed by atoms with van der Waals surface area (Å²) in [6, 6.07) is 4.25. The van der Waals surface area contributed by atoms with E-state index in [9.17, 15) is 17.6 Å². The first-order chi connectivity index (χ1) is 12.9. The Kier molecular flexibility index (Phi) is 4.21. The third-order valence-electron chi connectivity index (χ3n) is 4.27. The van der Waals surface area contributed by atoms with Crippen LogP contribution in [0.15, 0.2) is 42.9 Å². The van der Waals surface area contributed by atoms with Crippen LogP contribution in [0.1, 0.15) is 16.8 Å². The van der Waals surface area contributed by atoms with Gasteiger partial charge in [0.05, 0.1) is 11.3 Å². The summed E-state index contributed by atoms with van der Waals surface area (Å²) in [7, 11) is 0. The predicted molar refractivity (Wildman–Crippen MR) is 89.2 cm³/mol. The molecular weight excluding hydrogens is 362 g/mol. The van der Waals surface area contributed by atoms with Gasteiger partial charge in [0.25, 0.3) is 0 Å². The molecule has 0 saturated carbocycles. The van der Waals surface area contributed by atoms with Gasteiger partial charge in [-0.25, -0.2) is 24.3 Å². The molecule has 1 aliphatic heterocycles. The molecule has 1 aliphatic rings. The van der Waals surface area contributed by atoms with E-state index in [4.69, 9.17) is 0 Å². The van der Waals surface area contributed by atoms with E-state index in [-0.39, 0.29) is 5.69 Å². The molecule has 0 unspecified atom stereocenters. The number of anilines is 1. The summed E-state index contributed by atoms with van der Waals surface area (Å²) < 4.78 is 52.5. The van der Waals surface area contributed by atoms with E-state index in [1.165, 1.54) is 0 Å². The Morgan fingerprint density at radius 2 is 1.74 bits per heavy atom. The highest BCUT2D eigenvalue weighted by Gasteiger charge is 2.32. The summed E-state index contributed by atoms with van der Waals surface area (Å²) in [6.45, 7) is 0.714. The molecule has 4 rings (SSSR count). The Bertz CT molecular complexity index is 975. The van der Waals surface area contributed by atoms with Crippen molar-refractivity contribution in [3.8, 4) is 11.6 Å². The van der Waals surface area contributed by atoms with Gasteiger partial charge in [-0.15, -0.1) is 0 Å². The second-order valence-electron chi connectivity index (χ2n) is 6.11. The lowest BCUT2D eigenvalue weighted by atomic mass is 10.1. The highest BCUT2D eigenvalue weighted by Crippen LogP contribution is 2.34. The molecular formula is C18H13F4N5. The Labute approximate surface area is 151 Å². The Morgan fingerprint density at radius 1 is 0.963 bits per heavy atom. The largest absolute Gasteiger partial charge is 0.416 e. The second-order valence-corrected chi connectivity index (χ2v) is 6.11. The van der Waals surface area contributed by atoms with Gasteiger partial charge in [0, 0.05) is 49.4 Å². The predicted octanol–water partition coefficient (Wildman–Crippen LogP) is 3.65. The molecule has 2 aromatic heterocycles. The van der Waals surface area contributed by atoms with Crippen LogP contribution in [0.5, 0.6) is 0 Å². The van der Waals surface area contributed by atoms with Crippen molar-refractivity contribution < 1.29 is 17.6 Å². The maximum atomic E-state index is 13.7. The quantitative estimate of drug-likeness (QED) is 0.640. The molecule has 0 spiro atoms. The average molecular weight is 375 g/mol. The molecule has 5 nitrogen and oxygen atoms in total. The molecule has 0 amide bonds. The zero-order valence-corrected chi connectivity index (χ0v) is 13.9. The number of benzene rings is 1. The molecule has 0 fully saturated rings. The molecule has 1 aromatic carbocycles. The topological polar surface area (TPSA) is 54.8 Å². The second kappa shape index (κ2) is 6.57. The van der Waals surface area contributed by atoms with Crippen molar-refractivity contribution in [1.29, 1.82) is 0 Å². The average Bonchev–Trinajstić information content (AvgIpc) is 2.66. The molecule has 0 atom stereocenters. The maximum Gasteiger partial charge on any atom is 0.416 e. The first-order valence-electron chi connectivity index (χ1n) is 8.15. The van der Waals surface area contributed by atoms with E-state index >= 15 is 0 Å². The first-order valence-corrected chi connectivity index (χ1v) is 8.15. The van der Waals surface area contributed by atoms with Gasteiger partial charge in [-0.1, -0.05) is 0 Å². The summed E-state index contributed by atoms with van der Waals surface area (Å²) in [6.07, 6.45) is 0.696. The van der Waals surface area contributed by atoms with Crippen LogP contribution in [-0.4, -0.2) is 26.5 Å². The van der Waals surface area contributed by atoms with Gasteiger partial charge < -0.3 is 4.90 Å². The molecule has 3 aromatic rings. The zero-order chi connectivity index (χ0) is 19.0. The zero-order valence-electron chi connectivity index (χ0n) is 13.9. The van der Waals surface area contributed by atoms with Crippen LogP contribution in [0, 0.1) is 5.82 Å². The molecule has 0 aliphatic carbocycles. The van der Waals surface area contributed by atoms with E-state index < -0.39 is 17.6 Å². The Hall–Kier alpha value is -3.10. The molecule has 9 heteroatoms. The van der Waals surface area contributed by atoms with Crippen LogP contribution in [-0.2, 0) is 19.1 Å². The van der Waals surface area contributed by atoms with Gasteiger partial charge in [-0.05, 0) is 24.3 Å². The summed E-state index contributed by atoms with van der Waals surface area (Å²) in [4.78, 5) is 18.6. The third kappa shape index (κ3) is 3.57. The number of hydrogen-bond donors (Lipinski definition) is 0. The van der Waals surface area contributed by atoms with Crippen LogP contribution in [0.3, 0.4) is 0 Å². The lowest BCUT2D eigenvalue weighted by Crippen LogP contribution is -2.31. The smallest absolute Gasteiger partial charge is 0.367 e. The van der Waals surface area contributed by atoms with Gasteiger partial charge in [0.2, 0.25) is 0 Å². The number of halogens is 4. The van der Waals surface area contributed by atoms with Crippen molar-refractivity contribution in [2.75, 3.05) is 11.4 Å². The monoisotopic (exact) mass is 375 g/mol. The summed E-state index contributed by atoms with van der Waals surface area (Å²) in [5, 5.41) is 0. The normalized spacial score (nSPS) is 14.1. The van der Waals surface area contributed by atoms with Crippen LogP contribution in [0.25, 0.3) is 11.6 Å². The third-order valence-corrected chi connectivity index (χ3v) is 4.27. The van der Waals surface area contributed by atoms with Gasteiger partial charge in [-0.3, -0.25) is 0 Å². The number of alkyl halides is 3. The van der Waals surface area contributed by atoms with Crippen molar-refractivity contribution in [2.45, 2.75) is 19.1 Å². The van der Waals surface area contributed by atoms with E-state index in [0.29, 0.717) is 37.2 Å². The van der Waals surface area contributed by atoms with Crippen molar-refractivity contribution in [3.05, 3.63) is 65.5 Å². The van der Waals surface area contributed by atoms with E-state index in [1.807, 2.05) is 0 Å². The SMILES string of the molecule is Fc1cc(N2CCc3nc(-c4ncccn4)ncc3C2)cc(C(F)(F)F)c1. The number of rotatable bonds is 2. The van der Waals surface area contributed by atoms with E-state index in [1.54, 1.807) is 29.6 Å². The van der Waals surface area contributed by atoms with Crippen LogP contribution < -0.4 is 4.90 Å². The van der Waals surface area contributed by atoms with E-state index in [2.05, 4.69) is 19.9 Å². The van der Waals surface area contributed by atoms with Crippen molar-refractivity contribution in [2.24, 2.45) is 0 Å². The maximum absolute atomic E-state index is 13.7. The highest BCUT2D eigenvalue weighted by molar-refractivity contribution is 5.52. The minimum absolute atomic E-state index is 0.184. The van der Waals surface area contributed by atoms with E-state index in [0.717, 1.165) is 23.4 Å². The summed E-state index contributed by atoms with van der Waals surface area (Å²) >= 11 is 0. The lowest BCUT2D eigenvalue weighted by Gasteiger charge is -2.30. The van der Waals surface area contributed by atoms with Gasteiger partial charge >= 0.3 is 6.18 Å². The fourth-order valence-electron chi connectivity index (χ4n) is 2.98. The fraction of sp³-hybridized carbons (Fsp3) is 0.222. The first kappa shape index (κ1) is 17.3. The molecule has 27 heavy (non-hydrogen) atoms. The Morgan fingerprint density at radius 3 is 2.48 bits per heavy atom. The standard InChI is InChI=1S/C18H13F4N5/c19-13-6-12(18(20,21)22)7-14(8-13)27-5-2-15-11(10-27)9-25-17(26-15)16-23-3-1-4-24-16/h1,3-4,6-9H,2,5,10H2. The van der Waals surface area contributed by atoms with Crippen molar-refractivity contribution in [3.63, 3.8) is 0 Å². The lowest BCUT2D eigenvalue weighted by molar-refractivity contribution is -0.137. The van der Waals surface area contributed by atoms with Gasteiger partial charge in [0.15, 0.2) is 11.6 Å². The molecule has 138 valence electrons. The molecule has 0 saturated heterocycles. The van der Waals surface area contributed by atoms with Gasteiger partial charge in [-0.2, -0.15) is 13.2 Å². The number of nitrogens with zero attached hydrogens (tertiary/aromatic N) is 5. The molecule has 3 heterocycles. The summed E-state index contributed by atoms with van der Waals surface area (Å²) in [5.41, 5.74) is 0.745. The minimum Gasteiger partial charge on any atom is -0.367 e. The van der Waals surface area contributed by atoms with Crippen molar-refractivity contribution >= 4 is 5.69 Å².